The third kappa shape index (κ3) is 4.01. The number of hydrogen-bond acceptors (Lipinski definition) is 3. The minimum Gasteiger partial charge on any atom is -0.490 e. The Morgan fingerprint density at radius 3 is 2.71 bits per heavy atom. The second-order valence-corrected chi connectivity index (χ2v) is 4.12. The van der Waals surface area contributed by atoms with Crippen LogP contribution in [0.3, 0.4) is 0 Å². The van der Waals surface area contributed by atoms with Gasteiger partial charge >= 0.3 is 0 Å². The number of hydrazone groups is 1. The molecule has 0 heterocycles. The van der Waals surface area contributed by atoms with Gasteiger partial charge in [-0.15, -0.1) is 0 Å². The van der Waals surface area contributed by atoms with Gasteiger partial charge in [0.2, 0.25) is 5.82 Å². The lowest BCUT2D eigenvalue weighted by atomic mass is 10.1. The molecule has 5 heteroatoms. The Kier molecular flexibility index (Phi) is 4.87. The van der Waals surface area contributed by atoms with E-state index in [1.807, 2.05) is 13.8 Å². The molecule has 1 aromatic carbocycles. The molecule has 0 saturated heterocycles. The number of benzene rings is 1. The molecular weight excluding hydrogens is 226 g/mol. The van der Waals surface area contributed by atoms with Crippen molar-refractivity contribution in [2.24, 2.45) is 16.9 Å². The van der Waals surface area contributed by atoms with E-state index in [0.717, 1.165) is 12.5 Å². The fraction of sp³-hybridized carbons (Fsp3) is 0.417. The molecular formula is C12H16F2N2O. The van der Waals surface area contributed by atoms with Crippen molar-refractivity contribution >= 4 is 6.21 Å². The summed E-state index contributed by atoms with van der Waals surface area (Å²) >= 11 is 0. The monoisotopic (exact) mass is 242 g/mol. The highest BCUT2D eigenvalue weighted by Gasteiger charge is 2.11. The number of rotatable bonds is 5. The minimum atomic E-state index is -0.983. The minimum absolute atomic E-state index is 0.111. The Bertz CT molecular complexity index is 406. The SMILES string of the molecule is CC(C)CCOc1cc(C=NN)cc(F)c1F. The first-order chi connectivity index (χ1) is 8.04. The zero-order valence-corrected chi connectivity index (χ0v) is 9.91. The van der Waals surface area contributed by atoms with Gasteiger partial charge < -0.3 is 10.6 Å². The number of ether oxygens (including phenoxy) is 1. The first-order valence-corrected chi connectivity index (χ1v) is 5.39. The lowest BCUT2D eigenvalue weighted by molar-refractivity contribution is 0.272. The van der Waals surface area contributed by atoms with Crippen LogP contribution in [-0.4, -0.2) is 12.8 Å². The summed E-state index contributed by atoms with van der Waals surface area (Å²) in [5.41, 5.74) is 0.367. The standard InChI is InChI=1S/C12H16F2N2O/c1-8(2)3-4-17-11-6-9(7-16-15)5-10(13)12(11)14/h5-8H,3-4,15H2,1-2H3. The summed E-state index contributed by atoms with van der Waals surface area (Å²) in [7, 11) is 0. The van der Waals surface area contributed by atoms with Crippen LogP contribution in [-0.2, 0) is 0 Å². The molecule has 3 nitrogen and oxygen atoms in total. The highest BCUT2D eigenvalue weighted by molar-refractivity contribution is 5.80. The maximum atomic E-state index is 13.4. The van der Waals surface area contributed by atoms with Crippen LogP contribution in [0.5, 0.6) is 5.75 Å². The highest BCUT2D eigenvalue weighted by atomic mass is 19.2. The topological polar surface area (TPSA) is 47.6 Å². The summed E-state index contributed by atoms with van der Waals surface area (Å²) in [4.78, 5) is 0. The molecule has 0 saturated carbocycles. The second kappa shape index (κ2) is 6.18. The molecule has 1 rings (SSSR count). The van der Waals surface area contributed by atoms with Gasteiger partial charge in [0.15, 0.2) is 11.6 Å². The molecule has 0 bridgehead atoms. The van der Waals surface area contributed by atoms with Crippen molar-refractivity contribution in [3.05, 3.63) is 29.3 Å². The van der Waals surface area contributed by atoms with Gasteiger partial charge in [0.1, 0.15) is 0 Å². The van der Waals surface area contributed by atoms with Crippen molar-refractivity contribution in [1.29, 1.82) is 0 Å². The van der Waals surface area contributed by atoms with Gasteiger partial charge in [-0.3, -0.25) is 0 Å². The van der Waals surface area contributed by atoms with Gasteiger partial charge in [0.05, 0.1) is 12.8 Å². The van der Waals surface area contributed by atoms with E-state index in [1.165, 1.54) is 12.3 Å². The molecule has 0 amide bonds. The summed E-state index contributed by atoms with van der Waals surface area (Å²) in [5, 5.41) is 3.26. The van der Waals surface area contributed by atoms with E-state index in [2.05, 4.69) is 5.10 Å². The Morgan fingerprint density at radius 2 is 2.12 bits per heavy atom. The smallest absolute Gasteiger partial charge is 0.200 e. The van der Waals surface area contributed by atoms with Gasteiger partial charge in [0, 0.05) is 5.56 Å². The highest BCUT2D eigenvalue weighted by Crippen LogP contribution is 2.22. The summed E-state index contributed by atoms with van der Waals surface area (Å²) in [6.07, 6.45) is 2.01. The third-order valence-corrected chi connectivity index (χ3v) is 2.19. The fourth-order valence-corrected chi connectivity index (χ4v) is 1.25. The predicted octanol–water partition coefficient (Wildman–Crippen LogP) is 2.68. The van der Waals surface area contributed by atoms with Crippen molar-refractivity contribution < 1.29 is 13.5 Å². The van der Waals surface area contributed by atoms with E-state index < -0.39 is 11.6 Å². The Morgan fingerprint density at radius 1 is 1.41 bits per heavy atom. The van der Waals surface area contributed by atoms with E-state index in [-0.39, 0.29) is 5.75 Å². The van der Waals surface area contributed by atoms with Crippen LogP contribution < -0.4 is 10.6 Å². The van der Waals surface area contributed by atoms with Gasteiger partial charge in [0.25, 0.3) is 0 Å². The molecule has 0 aliphatic carbocycles. The molecule has 0 aliphatic rings. The van der Waals surface area contributed by atoms with E-state index in [4.69, 9.17) is 10.6 Å². The lowest BCUT2D eigenvalue weighted by Crippen LogP contribution is -2.04. The zero-order chi connectivity index (χ0) is 12.8. The number of nitrogens with zero attached hydrogens (tertiary/aromatic N) is 1. The van der Waals surface area contributed by atoms with Gasteiger partial charge in [-0.2, -0.15) is 9.49 Å². The summed E-state index contributed by atoms with van der Waals surface area (Å²) in [6.45, 7) is 4.40. The quantitative estimate of drug-likeness (QED) is 0.490. The van der Waals surface area contributed by atoms with E-state index in [9.17, 15) is 8.78 Å². The first-order valence-electron chi connectivity index (χ1n) is 5.39. The van der Waals surface area contributed by atoms with Crippen LogP contribution in [0.2, 0.25) is 0 Å². The molecule has 0 aromatic heterocycles. The van der Waals surface area contributed by atoms with Gasteiger partial charge in [-0.05, 0) is 24.5 Å². The number of halogens is 2. The van der Waals surface area contributed by atoms with Gasteiger partial charge in [-0.25, -0.2) is 4.39 Å². The number of nitrogens with two attached hydrogens (primary N) is 1. The molecule has 94 valence electrons. The Labute approximate surface area is 99.3 Å². The third-order valence-electron chi connectivity index (χ3n) is 2.19. The van der Waals surface area contributed by atoms with E-state index in [0.29, 0.717) is 18.1 Å². The van der Waals surface area contributed by atoms with Crippen molar-refractivity contribution in [1.82, 2.24) is 0 Å². The van der Waals surface area contributed by atoms with Crippen molar-refractivity contribution in [3.63, 3.8) is 0 Å². The average Bonchev–Trinajstić information content (AvgIpc) is 2.24. The second-order valence-electron chi connectivity index (χ2n) is 4.12. The molecule has 0 aliphatic heterocycles. The zero-order valence-electron chi connectivity index (χ0n) is 9.91. The van der Waals surface area contributed by atoms with Crippen LogP contribution in [0.4, 0.5) is 8.78 Å². The van der Waals surface area contributed by atoms with Crippen LogP contribution in [0.25, 0.3) is 0 Å². The van der Waals surface area contributed by atoms with Crippen molar-refractivity contribution in [2.45, 2.75) is 20.3 Å². The summed E-state index contributed by atoms with van der Waals surface area (Å²) < 4.78 is 31.8. The maximum absolute atomic E-state index is 13.4. The molecule has 0 fully saturated rings. The summed E-state index contributed by atoms with van der Waals surface area (Å²) in [6, 6.07) is 2.39. The number of hydrogen-bond donors (Lipinski definition) is 1. The van der Waals surface area contributed by atoms with E-state index >= 15 is 0 Å². The maximum Gasteiger partial charge on any atom is 0.200 e. The molecule has 2 N–H and O–H groups in total. The molecule has 17 heavy (non-hydrogen) atoms. The average molecular weight is 242 g/mol. The molecule has 0 atom stereocenters. The molecule has 0 radical (unpaired) electrons. The summed E-state index contributed by atoms with van der Waals surface area (Å²) in [5.74, 6) is 3.33. The largest absolute Gasteiger partial charge is 0.490 e. The van der Waals surface area contributed by atoms with Crippen LogP contribution >= 0.6 is 0 Å². The predicted molar refractivity (Wildman–Crippen MR) is 63.1 cm³/mol. The Balaban J connectivity index is 2.82. The van der Waals surface area contributed by atoms with E-state index in [1.54, 1.807) is 0 Å². The van der Waals surface area contributed by atoms with Crippen LogP contribution in [0, 0.1) is 17.6 Å². The fourth-order valence-electron chi connectivity index (χ4n) is 1.25. The Hall–Kier alpha value is -1.65. The van der Waals surface area contributed by atoms with Crippen molar-refractivity contribution in [2.75, 3.05) is 6.61 Å². The van der Waals surface area contributed by atoms with Crippen LogP contribution in [0.15, 0.2) is 17.2 Å². The molecule has 0 spiro atoms. The van der Waals surface area contributed by atoms with Gasteiger partial charge in [-0.1, -0.05) is 13.8 Å². The first kappa shape index (κ1) is 13.4. The van der Waals surface area contributed by atoms with Crippen LogP contribution in [0.1, 0.15) is 25.8 Å². The molecule has 0 unspecified atom stereocenters. The van der Waals surface area contributed by atoms with Crippen molar-refractivity contribution in [3.8, 4) is 5.75 Å². The molecule has 1 aromatic rings. The lowest BCUT2D eigenvalue weighted by Gasteiger charge is -2.10. The normalized spacial score (nSPS) is 11.4.